The van der Waals surface area contributed by atoms with Gasteiger partial charge in [-0.15, -0.1) is 0 Å². The number of benzene rings is 2. The summed E-state index contributed by atoms with van der Waals surface area (Å²) < 4.78 is 5.23. The molecule has 112 valence electrons. The Balaban J connectivity index is 1.94. The number of hydrogen-bond acceptors (Lipinski definition) is 2. The van der Waals surface area contributed by atoms with Crippen LogP contribution < -0.4 is 4.74 Å². The fourth-order valence-electron chi connectivity index (χ4n) is 2.87. The lowest BCUT2D eigenvalue weighted by molar-refractivity contribution is 0.414. The van der Waals surface area contributed by atoms with Gasteiger partial charge < -0.3 is 4.74 Å². The summed E-state index contributed by atoms with van der Waals surface area (Å²) in [6.07, 6.45) is 7.87. The first kappa shape index (κ1) is 14.9. The van der Waals surface area contributed by atoms with E-state index < -0.39 is 0 Å². The minimum atomic E-state index is -0.0685. The third-order valence-electron chi connectivity index (χ3n) is 4.14. The molecule has 1 heterocycles. The number of ether oxygens (including phenoxy) is 1. The van der Waals surface area contributed by atoms with Gasteiger partial charge in [0.25, 0.3) is 0 Å². The Labute approximate surface area is 136 Å². The van der Waals surface area contributed by atoms with E-state index in [1.54, 1.807) is 7.11 Å². The van der Waals surface area contributed by atoms with Gasteiger partial charge in [0.05, 0.1) is 7.11 Å². The molecule has 0 aromatic heterocycles. The van der Waals surface area contributed by atoms with E-state index >= 15 is 0 Å². The van der Waals surface area contributed by atoms with Crippen molar-refractivity contribution in [1.82, 2.24) is 0 Å². The van der Waals surface area contributed by atoms with E-state index in [1.807, 2.05) is 36.7 Å². The van der Waals surface area contributed by atoms with Gasteiger partial charge in [-0.2, -0.15) is 0 Å². The van der Waals surface area contributed by atoms with Crippen molar-refractivity contribution in [2.75, 3.05) is 7.11 Å². The Hall–Kier alpha value is -2.06. The second-order valence-electron chi connectivity index (χ2n) is 5.54. The van der Waals surface area contributed by atoms with Crippen LogP contribution in [0, 0.1) is 0 Å². The van der Waals surface area contributed by atoms with Gasteiger partial charge in [0.15, 0.2) is 0 Å². The van der Waals surface area contributed by atoms with Crippen LogP contribution in [0.15, 0.2) is 65.8 Å². The van der Waals surface area contributed by atoms with Crippen molar-refractivity contribution in [3.63, 3.8) is 0 Å². The highest BCUT2D eigenvalue weighted by Gasteiger charge is 2.30. The number of allylic oxidation sites excluding steroid dienone is 1. The molecule has 1 aliphatic heterocycles. The molecule has 1 atom stereocenters. The number of aliphatic imine (C=N–C) groups is 1. The molecule has 0 saturated carbocycles. The smallest absolute Gasteiger partial charge is 0.118 e. The number of methoxy groups -OCH3 is 1. The Morgan fingerprint density at radius 2 is 1.82 bits per heavy atom. The molecule has 3 heteroatoms. The summed E-state index contributed by atoms with van der Waals surface area (Å²) in [7, 11) is 1.69. The van der Waals surface area contributed by atoms with Crippen LogP contribution in [0.5, 0.6) is 5.75 Å². The van der Waals surface area contributed by atoms with Crippen molar-refractivity contribution in [2.45, 2.75) is 18.3 Å². The second kappa shape index (κ2) is 6.37. The standard InChI is InChI=1S/C19H18ClNO/c1-22-18-8-2-15(3-9-18)14-19(10-12-21-13-11-19)16-4-6-17(20)7-5-16/h2-10,12-13H,11,14H2,1H3. The maximum absolute atomic E-state index is 6.03. The average Bonchev–Trinajstić information content (AvgIpc) is 2.57. The maximum atomic E-state index is 6.03. The largest absolute Gasteiger partial charge is 0.497 e. The molecule has 3 rings (SSSR count). The fourth-order valence-corrected chi connectivity index (χ4v) is 2.99. The monoisotopic (exact) mass is 311 g/mol. The summed E-state index contributed by atoms with van der Waals surface area (Å²) in [5.41, 5.74) is 2.46. The van der Waals surface area contributed by atoms with Crippen LogP contribution in [0.2, 0.25) is 5.02 Å². The lowest BCUT2D eigenvalue weighted by Gasteiger charge is -2.32. The minimum absolute atomic E-state index is 0.0685. The molecule has 2 nitrogen and oxygen atoms in total. The molecule has 0 bridgehead atoms. The number of rotatable bonds is 4. The average molecular weight is 312 g/mol. The van der Waals surface area contributed by atoms with E-state index in [0.717, 1.165) is 23.6 Å². The molecular formula is C19H18ClNO. The van der Waals surface area contributed by atoms with Crippen LogP contribution in [0.3, 0.4) is 0 Å². The molecule has 0 N–H and O–H groups in total. The number of hydrogen-bond donors (Lipinski definition) is 0. The van der Waals surface area contributed by atoms with E-state index in [-0.39, 0.29) is 5.41 Å². The van der Waals surface area contributed by atoms with Crippen molar-refractivity contribution >= 4 is 17.8 Å². The van der Waals surface area contributed by atoms with Crippen LogP contribution >= 0.6 is 11.6 Å². The highest BCUT2D eigenvalue weighted by Crippen LogP contribution is 2.35. The van der Waals surface area contributed by atoms with Crippen LogP contribution in [-0.4, -0.2) is 13.3 Å². The third-order valence-corrected chi connectivity index (χ3v) is 4.39. The Kier molecular flexibility index (Phi) is 4.30. The molecule has 1 unspecified atom stereocenters. The summed E-state index contributed by atoms with van der Waals surface area (Å²) in [6, 6.07) is 16.4. The second-order valence-corrected chi connectivity index (χ2v) is 5.98. The zero-order valence-corrected chi connectivity index (χ0v) is 13.3. The predicted molar refractivity (Wildman–Crippen MR) is 92.1 cm³/mol. The van der Waals surface area contributed by atoms with Crippen molar-refractivity contribution in [2.24, 2.45) is 4.99 Å². The summed E-state index contributed by atoms with van der Waals surface area (Å²) in [5, 5.41) is 0.761. The minimum Gasteiger partial charge on any atom is -0.497 e. The van der Waals surface area contributed by atoms with Crippen molar-refractivity contribution in [3.05, 3.63) is 77.0 Å². The Morgan fingerprint density at radius 1 is 1.09 bits per heavy atom. The van der Waals surface area contributed by atoms with Crippen molar-refractivity contribution in [3.8, 4) is 5.75 Å². The molecule has 0 saturated heterocycles. The molecule has 0 fully saturated rings. The van der Waals surface area contributed by atoms with Gasteiger partial charge in [-0.3, -0.25) is 4.99 Å². The molecule has 22 heavy (non-hydrogen) atoms. The molecule has 0 spiro atoms. The zero-order chi connectivity index (χ0) is 15.4. The summed E-state index contributed by atoms with van der Waals surface area (Å²) in [4.78, 5) is 4.23. The molecule has 2 aromatic rings. The molecule has 0 radical (unpaired) electrons. The van der Waals surface area contributed by atoms with Crippen molar-refractivity contribution in [1.29, 1.82) is 0 Å². The third kappa shape index (κ3) is 3.07. The zero-order valence-electron chi connectivity index (χ0n) is 12.5. The van der Waals surface area contributed by atoms with Crippen molar-refractivity contribution < 1.29 is 4.74 Å². The highest BCUT2D eigenvalue weighted by atomic mass is 35.5. The van der Waals surface area contributed by atoms with Gasteiger partial charge in [-0.05, 0) is 48.2 Å². The van der Waals surface area contributed by atoms with Gasteiger partial charge >= 0.3 is 0 Å². The van der Waals surface area contributed by atoms with Gasteiger partial charge in [0.2, 0.25) is 0 Å². The first-order chi connectivity index (χ1) is 10.7. The van der Waals surface area contributed by atoms with Gasteiger partial charge in [0.1, 0.15) is 5.75 Å². The van der Waals surface area contributed by atoms with Gasteiger partial charge in [-0.1, -0.05) is 41.9 Å². The maximum Gasteiger partial charge on any atom is 0.118 e. The van der Waals surface area contributed by atoms with Crippen LogP contribution in [0.4, 0.5) is 0 Å². The van der Waals surface area contributed by atoms with Crippen LogP contribution in [-0.2, 0) is 11.8 Å². The molecule has 1 aliphatic rings. The topological polar surface area (TPSA) is 21.6 Å². The van der Waals surface area contributed by atoms with E-state index in [0.29, 0.717) is 0 Å². The quantitative estimate of drug-likeness (QED) is 0.793. The number of nitrogens with zero attached hydrogens (tertiary/aromatic N) is 1. The summed E-state index contributed by atoms with van der Waals surface area (Å²) in [5.74, 6) is 0.880. The van der Waals surface area contributed by atoms with E-state index in [1.165, 1.54) is 11.1 Å². The predicted octanol–water partition coefficient (Wildman–Crippen LogP) is 4.82. The molecular weight excluding hydrogens is 294 g/mol. The highest BCUT2D eigenvalue weighted by molar-refractivity contribution is 6.30. The van der Waals surface area contributed by atoms with E-state index in [2.05, 4.69) is 35.3 Å². The van der Waals surface area contributed by atoms with E-state index in [9.17, 15) is 0 Å². The lowest BCUT2D eigenvalue weighted by Crippen LogP contribution is -2.28. The Bertz CT molecular complexity index is 688. The molecule has 0 aliphatic carbocycles. The fraction of sp³-hybridized carbons (Fsp3) is 0.211. The summed E-state index contributed by atoms with van der Waals surface area (Å²) >= 11 is 6.03. The van der Waals surface area contributed by atoms with Gasteiger partial charge in [-0.25, -0.2) is 0 Å². The normalized spacial score (nSPS) is 20.1. The first-order valence-corrected chi connectivity index (χ1v) is 7.68. The SMILES string of the molecule is COc1ccc(CC2(c3ccc(Cl)cc3)C=CN=CC2)cc1. The molecule has 0 amide bonds. The number of halogens is 1. The van der Waals surface area contributed by atoms with Crippen LogP contribution in [0.25, 0.3) is 0 Å². The lowest BCUT2D eigenvalue weighted by atomic mass is 9.72. The van der Waals surface area contributed by atoms with Crippen LogP contribution in [0.1, 0.15) is 17.5 Å². The Morgan fingerprint density at radius 3 is 2.41 bits per heavy atom. The van der Waals surface area contributed by atoms with E-state index in [4.69, 9.17) is 16.3 Å². The summed E-state index contributed by atoms with van der Waals surface area (Å²) in [6.45, 7) is 0. The first-order valence-electron chi connectivity index (χ1n) is 7.30. The van der Waals surface area contributed by atoms with Gasteiger partial charge in [0, 0.05) is 22.9 Å². The molecule has 2 aromatic carbocycles.